The van der Waals surface area contributed by atoms with E-state index in [9.17, 15) is 24.9 Å². The van der Waals surface area contributed by atoms with E-state index in [1.54, 1.807) is 0 Å². The zero-order valence-corrected chi connectivity index (χ0v) is 10.5. The number of nitroso groups, excluding NO2 is 1. The highest BCUT2D eigenvalue weighted by Gasteiger charge is 2.31. The number of nitro groups is 1. The molecule has 0 aliphatic rings. The van der Waals surface area contributed by atoms with Gasteiger partial charge in [-0.1, -0.05) is 0 Å². The van der Waals surface area contributed by atoms with Gasteiger partial charge in [-0.3, -0.25) is 10.1 Å². The Hall–Kier alpha value is -1.99. The van der Waals surface area contributed by atoms with E-state index in [0.29, 0.717) is 0 Å². The van der Waals surface area contributed by atoms with E-state index in [0.717, 1.165) is 0 Å². The maximum Gasteiger partial charge on any atom is 0.364 e. The lowest BCUT2D eigenvalue weighted by molar-refractivity contribution is -0.561. The number of ether oxygens (including phenoxy) is 1. The van der Waals surface area contributed by atoms with Crippen LogP contribution in [0.2, 0.25) is 0 Å². The standard InChI is InChI=1S/C10H16N2O6/c1-4-18-9(14)8(11-15)7(13)5-6-10(2,3)12(16)17/h13H,4-6H2,1-3H3. The fraction of sp³-hybridized carbons (Fsp3) is 0.700. The van der Waals surface area contributed by atoms with Gasteiger partial charge in [0, 0.05) is 31.6 Å². The number of hydrogen-bond donors (Lipinski definition) is 1. The predicted octanol–water partition coefficient (Wildman–Crippen LogP) is 1.92. The third-order valence-corrected chi connectivity index (χ3v) is 2.30. The summed E-state index contributed by atoms with van der Waals surface area (Å²) in [6.45, 7) is 4.32. The smallest absolute Gasteiger partial charge is 0.364 e. The lowest BCUT2D eigenvalue weighted by Crippen LogP contribution is -2.30. The van der Waals surface area contributed by atoms with Crippen LogP contribution in [0.4, 0.5) is 0 Å². The number of allylic oxidation sites excluding steroid dienone is 1. The molecule has 0 saturated heterocycles. The normalized spacial score (nSPS) is 12.6. The first-order chi connectivity index (χ1) is 8.26. The largest absolute Gasteiger partial charge is 0.510 e. The Morgan fingerprint density at radius 1 is 1.50 bits per heavy atom. The summed E-state index contributed by atoms with van der Waals surface area (Å²) in [6, 6.07) is 0. The highest BCUT2D eigenvalue weighted by molar-refractivity contribution is 5.88. The molecule has 0 aliphatic carbocycles. The summed E-state index contributed by atoms with van der Waals surface area (Å²) >= 11 is 0. The molecule has 0 saturated carbocycles. The third kappa shape index (κ3) is 4.48. The first kappa shape index (κ1) is 16.0. The molecule has 8 nitrogen and oxygen atoms in total. The fourth-order valence-corrected chi connectivity index (χ4v) is 1.04. The van der Waals surface area contributed by atoms with Gasteiger partial charge >= 0.3 is 5.97 Å². The quantitative estimate of drug-likeness (QED) is 0.186. The molecule has 0 aromatic heterocycles. The van der Waals surface area contributed by atoms with Gasteiger partial charge in [-0.25, -0.2) is 4.79 Å². The number of rotatable bonds is 7. The molecule has 8 heteroatoms. The van der Waals surface area contributed by atoms with Crippen LogP contribution >= 0.6 is 0 Å². The molecule has 102 valence electrons. The summed E-state index contributed by atoms with van der Waals surface area (Å²) < 4.78 is 4.51. The van der Waals surface area contributed by atoms with E-state index in [2.05, 4.69) is 9.91 Å². The summed E-state index contributed by atoms with van der Waals surface area (Å²) in [4.78, 5) is 31.8. The number of esters is 1. The van der Waals surface area contributed by atoms with Crippen molar-refractivity contribution in [3.8, 4) is 0 Å². The minimum Gasteiger partial charge on any atom is -0.510 e. The van der Waals surface area contributed by atoms with Gasteiger partial charge in [-0.05, 0) is 12.1 Å². The maximum atomic E-state index is 11.2. The Morgan fingerprint density at radius 2 is 2.06 bits per heavy atom. The Balaban J connectivity index is 4.79. The van der Waals surface area contributed by atoms with E-state index in [-0.39, 0.29) is 19.4 Å². The van der Waals surface area contributed by atoms with Crippen LogP contribution in [-0.4, -0.2) is 28.1 Å². The minimum absolute atomic E-state index is 0.0333. The lowest BCUT2D eigenvalue weighted by atomic mass is 9.98. The first-order valence-corrected chi connectivity index (χ1v) is 5.33. The van der Waals surface area contributed by atoms with Crippen molar-refractivity contribution in [2.75, 3.05) is 6.61 Å². The highest BCUT2D eigenvalue weighted by atomic mass is 16.6. The molecule has 0 spiro atoms. The Kier molecular flexibility index (Phi) is 5.94. The summed E-state index contributed by atoms with van der Waals surface area (Å²) in [7, 11) is 0. The average Bonchev–Trinajstić information content (AvgIpc) is 2.27. The van der Waals surface area contributed by atoms with Crippen molar-refractivity contribution in [3.63, 3.8) is 0 Å². The molecule has 0 atom stereocenters. The van der Waals surface area contributed by atoms with E-state index >= 15 is 0 Å². The van der Waals surface area contributed by atoms with Crippen LogP contribution in [-0.2, 0) is 9.53 Å². The number of hydrogen-bond acceptors (Lipinski definition) is 7. The van der Waals surface area contributed by atoms with Crippen molar-refractivity contribution in [2.24, 2.45) is 5.18 Å². The van der Waals surface area contributed by atoms with Gasteiger partial charge in [0.25, 0.3) is 0 Å². The summed E-state index contributed by atoms with van der Waals surface area (Å²) in [5, 5.41) is 22.5. The number of carbonyl (C=O) groups is 1. The second-order valence-electron chi connectivity index (χ2n) is 4.18. The van der Waals surface area contributed by atoms with Gasteiger partial charge in [0.1, 0.15) is 5.76 Å². The van der Waals surface area contributed by atoms with Crippen LogP contribution in [0.25, 0.3) is 0 Å². The van der Waals surface area contributed by atoms with Gasteiger partial charge in [0.15, 0.2) is 0 Å². The summed E-state index contributed by atoms with van der Waals surface area (Å²) in [5.41, 5.74) is -2.01. The molecule has 0 bridgehead atoms. The second kappa shape index (κ2) is 6.67. The lowest BCUT2D eigenvalue weighted by Gasteiger charge is -2.14. The summed E-state index contributed by atoms with van der Waals surface area (Å²) in [5.74, 6) is -1.64. The van der Waals surface area contributed by atoms with Crippen molar-refractivity contribution < 1.29 is 19.6 Å². The number of aliphatic hydroxyl groups excluding tert-OH is 1. The summed E-state index contributed by atoms with van der Waals surface area (Å²) in [6.07, 6.45) is -0.238. The molecule has 0 radical (unpaired) electrons. The number of carbonyl (C=O) groups excluding carboxylic acids is 1. The Morgan fingerprint density at radius 3 is 2.44 bits per heavy atom. The SMILES string of the molecule is CCOC(=O)C(N=O)=C(O)CCC(C)(C)[N+](=O)[O-]. The van der Waals surface area contributed by atoms with E-state index in [1.165, 1.54) is 20.8 Å². The van der Waals surface area contributed by atoms with Crippen LogP contribution in [0.15, 0.2) is 16.6 Å². The molecule has 0 aromatic carbocycles. The molecule has 0 rings (SSSR count). The minimum atomic E-state index is -1.27. The third-order valence-electron chi connectivity index (χ3n) is 2.30. The van der Waals surface area contributed by atoms with Crippen molar-refractivity contribution in [1.29, 1.82) is 0 Å². The molecule has 1 N–H and O–H groups in total. The zero-order valence-electron chi connectivity index (χ0n) is 10.5. The van der Waals surface area contributed by atoms with Gasteiger partial charge in [0.05, 0.1) is 6.61 Å². The van der Waals surface area contributed by atoms with E-state index < -0.39 is 27.9 Å². The molecule has 0 amide bonds. The van der Waals surface area contributed by atoms with Crippen molar-refractivity contribution >= 4 is 5.97 Å². The second-order valence-corrected chi connectivity index (χ2v) is 4.18. The van der Waals surface area contributed by atoms with Gasteiger partial charge < -0.3 is 9.84 Å². The first-order valence-electron chi connectivity index (χ1n) is 5.33. The van der Waals surface area contributed by atoms with Gasteiger partial charge in [-0.15, -0.1) is 4.91 Å². The Bertz CT molecular complexity index is 375. The molecule has 0 unspecified atom stereocenters. The molecular formula is C10H16N2O6. The molecular weight excluding hydrogens is 244 g/mol. The zero-order chi connectivity index (χ0) is 14.3. The molecule has 0 aliphatic heterocycles. The van der Waals surface area contributed by atoms with Gasteiger partial charge in [0.2, 0.25) is 11.2 Å². The number of nitrogens with zero attached hydrogens (tertiary/aromatic N) is 2. The average molecular weight is 260 g/mol. The molecule has 0 fully saturated rings. The highest BCUT2D eigenvalue weighted by Crippen LogP contribution is 2.20. The molecule has 18 heavy (non-hydrogen) atoms. The predicted molar refractivity (Wildman–Crippen MR) is 62.4 cm³/mol. The van der Waals surface area contributed by atoms with Crippen molar-refractivity contribution in [1.82, 2.24) is 0 Å². The molecule has 0 aromatic rings. The Labute approximate surface area is 104 Å². The van der Waals surface area contributed by atoms with Crippen molar-refractivity contribution in [3.05, 3.63) is 26.5 Å². The van der Waals surface area contributed by atoms with E-state index in [4.69, 9.17) is 0 Å². The topological polar surface area (TPSA) is 119 Å². The number of aliphatic hydroxyl groups is 1. The van der Waals surface area contributed by atoms with Crippen LogP contribution in [0.1, 0.15) is 33.6 Å². The van der Waals surface area contributed by atoms with Crippen LogP contribution in [0.3, 0.4) is 0 Å². The van der Waals surface area contributed by atoms with Gasteiger partial charge in [-0.2, -0.15) is 0 Å². The monoisotopic (exact) mass is 260 g/mol. The molecule has 0 heterocycles. The van der Waals surface area contributed by atoms with Crippen LogP contribution in [0, 0.1) is 15.0 Å². The van der Waals surface area contributed by atoms with Crippen molar-refractivity contribution in [2.45, 2.75) is 39.2 Å². The van der Waals surface area contributed by atoms with Crippen LogP contribution < -0.4 is 0 Å². The maximum absolute atomic E-state index is 11.2. The fourth-order valence-electron chi connectivity index (χ4n) is 1.04. The van der Waals surface area contributed by atoms with E-state index in [1.807, 2.05) is 0 Å². The van der Waals surface area contributed by atoms with Crippen LogP contribution in [0.5, 0.6) is 0 Å².